The van der Waals surface area contributed by atoms with E-state index in [0.29, 0.717) is 11.4 Å². The third-order valence-corrected chi connectivity index (χ3v) is 3.63. The molecule has 94 valence electrons. The van der Waals surface area contributed by atoms with E-state index in [1.54, 1.807) is 12.1 Å². The van der Waals surface area contributed by atoms with E-state index in [-0.39, 0.29) is 5.91 Å². The minimum Gasteiger partial charge on any atom is -0.306 e. The Morgan fingerprint density at radius 3 is 2.74 bits per heavy atom. The Morgan fingerprint density at radius 1 is 1.16 bits per heavy atom. The second-order valence-corrected chi connectivity index (χ2v) is 5.08. The van der Waals surface area contributed by atoms with Gasteiger partial charge in [-0.3, -0.25) is 4.79 Å². The number of aryl methyl sites for hydroxylation is 1. The highest BCUT2D eigenvalue weighted by molar-refractivity contribution is 7.16. The molecule has 0 unspecified atom stereocenters. The van der Waals surface area contributed by atoms with Crippen LogP contribution in [0, 0.1) is 6.92 Å². The highest BCUT2D eigenvalue weighted by Gasteiger charge is 2.10. The van der Waals surface area contributed by atoms with Crippen LogP contribution in [0.2, 0.25) is 0 Å². The molecule has 0 atom stereocenters. The second kappa shape index (κ2) is 4.78. The molecule has 2 aromatic heterocycles. The van der Waals surface area contributed by atoms with Gasteiger partial charge in [0.25, 0.3) is 5.91 Å². The Labute approximate surface area is 114 Å². The minimum absolute atomic E-state index is 0.161. The van der Waals surface area contributed by atoms with Gasteiger partial charge >= 0.3 is 0 Å². The van der Waals surface area contributed by atoms with Crippen molar-refractivity contribution in [2.24, 2.45) is 0 Å². The van der Waals surface area contributed by atoms with Crippen LogP contribution in [0.15, 0.2) is 42.0 Å². The summed E-state index contributed by atoms with van der Waals surface area (Å²) in [7, 11) is 0. The molecule has 2 heterocycles. The van der Waals surface area contributed by atoms with E-state index < -0.39 is 0 Å². The van der Waals surface area contributed by atoms with E-state index in [9.17, 15) is 4.79 Å². The molecule has 0 fully saturated rings. The standard InChI is InChI=1S/C14H11N3OS/c1-9-2-4-10(5-3-9)13(18)17-12-11-6-7-19-14(11)16-8-15-12/h2-8H,1H3,(H,15,16,17,18). The molecule has 3 aromatic rings. The minimum atomic E-state index is -0.161. The summed E-state index contributed by atoms with van der Waals surface area (Å²) in [5.74, 6) is 0.392. The summed E-state index contributed by atoms with van der Waals surface area (Å²) in [4.78, 5) is 21.3. The number of fused-ring (bicyclic) bond motifs is 1. The van der Waals surface area contributed by atoms with E-state index >= 15 is 0 Å². The van der Waals surface area contributed by atoms with Crippen molar-refractivity contribution in [3.8, 4) is 0 Å². The van der Waals surface area contributed by atoms with E-state index in [4.69, 9.17) is 0 Å². The van der Waals surface area contributed by atoms with Crippen LogP contribution in [-0.2, 0) is 0 Å². The molecule has 1 aromatic carbocycles. The van der Waals surface area contributed by atoms with Gasteiger partial charge in [0.05, 0.1) is 5.39 Å². The van der Waals surface area contributed by atoms with Gasteiger partial charge in [0.2, 0.25) is 0 Å². The number of carbonyl (C=O) groups excluding carboxylic acids is 1. The summed E-state index contributed by atoms with van der Waals surface area (Å²) in [5, 5.41) is 5.62. The molecule has 0 saturated heterocycles. The average molecular weight is 269 g/mol. The Kier molecular flexibility index (Phi) is 2.97. The van der Waals surface area contributed by atoms with Gasteiger partial charge in [-0.2, -0.15) is 0 Å². The van der Waals surface area contributed by atoms with Crippen LogP contribution in [0.5, 0.6) is 0 Å². The number of anilines is 1. The molecular formula is C14H11N3OS. The zero-order valence-corrected chi connectivity index (χ0v) is 11.1. The van der Waals surface area contributed by atoms with Crippen molar-refractivity contribution in [1.82, 2.24) is 9.97 Å². The first-order valence-electron chi connectivity index (χ1n) is 5.80. The first-order valence-corrected chi connectivity index (χ1v) is 6.68. The van der Waals surface area contributed by atoms with Gasteiger partial charge in [-0.1, -0.05) is 17.7 Å². The fourth-order valence-corrected chi connectivity index (χ4v) is 2.51. The number of nitrogens with one attached hydrogen (secondary N) is 1. The number of rotatable bonds is 2. The van der Waals surface area contributed by atoms with Crippen LogP contribution in [0.1, 0.15) is 15.9 Å². The molecule has 0 bridgehead atoms. The molecule has 1 amide bonds. The smallest absolute Gasteiger partial charge is 0.256 e. The number of hydrogen-bond donors (Lipinski definition) is 1. The zero-order chi connectivity index (χ0) is 13.2. The fourth-order valence-electron chi connectivity index (χ4n) is 1.77. The molecule has 0 aliphatic rings. The lowest BCUT2D eigenvalue weighted by Crippen LogP contribution is -2.13. The number of nitrogens with zero attached hydrogens (tertiary/aromatic N) is 2. The number of amides is 1. The van der Waals surface area contributed by atoms with E-state index in [1.807, 2.05) is 30.5 Å². The van der Waals surface area contributed by atoms with Crippen molar-refractivity contribution in [1.29, 1.82) is 0 Å². The molecule has 5 heteroatoms. The molecule has 0 radical (unpaired) electrons. The number of aromatic nitrogens is 2. The number of carbonyl (C=O) groups is 1. The molecule has 0 aliphatic carbocycles. The molecule has 3 rings (SSSR count). The normalized spacial score (nSPS) is 10.6. The van der Waals surface area contributed by atoms with Crippen LogP contribution in [0.3, 0.4) is 0 Å². The third-order valence-electron chi connectivity index (χ3n) is 2.81. The summed E-state index contributed by atoms with van der Waals surface area (Å²) in [6.45, 7) is 1.99. The zero-order valence-electron chi connectivity index (χ0n) is 10.3. The molecule has 0 saturated carbocycles. The summed E-state index contributed by atoms with van der Waals surface area (Å²) >= 11 is 1.52. The summed E-state index contributed by atoms with van der Waals surface area (Å²) < 4.78 is 0. The highest BCUT2D eigenvalue weighted by atomic mass is 32.1. The third kappa shape index (κ3) is 2.32. The van der Waals surface area contributed by atoms with Crippen molar-refractivity contribution in [3.63, 3.8) is 0 Å². The monoisotopic (exact) mass is 269 g/mol. The van der Waals surface area contributed by atoms with Gasteiger partial charge in [-0.25, -0.2) is 9.97 Å². The maximum atomic E-state index is 12.1. The predicted octanol–water partition coefficient (Wildman–Crippen LogP) is 3.25. The van der Waals surface area contributed by atoms with Crippen molar-refractivity contribution < 1.29 is 4.79 Å². The Morgan fingerprint density at radius 2 is 1.95 bits per heavy atom. The van der Waals surface area contributed by atoms with Crippen LogP contribution >= 0.6 is 11.3 Å². The lowest BCUT2D eigenvalue weighted by Gasteiger charge is -2.05. The number of benzene rings is 1. The van der Waals surface area contributed by atoms with Crippen LogP contribution in [0.25, 0.3) is 10.2 Å². The predicted molar refractivity (Wildman–Crippen MR) is 76.5 cm³/mol. The van der Waals surface area contributed by atoms with Gasteiger partial charge in [-0.15, -0.1) is 11.3 Å². The first-order chi connectivity index (χ1) is 9.24. The molecule has 0 spiro atoms. The lowest BCUT2D eigenvalue weighted by atomic mass is 10.1. The molecule has 19 heavy (non-hydrogen) atoms. The lowest BCUT2D eigenvalue weighted by molar-refractivity contribution is 0.102. The van der Waals surface area contributed by atoms with Crippen LogP contribution in [0.4, 0.5) is 5.82 Å². The Bertz CT molecular complexity index is 734. The first kappa shape index (κ1) is 11.8. The van der Waals surface area contributed by atoms with Gasteiger partial charge in [0.15, 0.2) is 0 Å². The van der Waals surface area contributed by atoms with Crippen molar-refractivity contribution in [3.05, 3.63) is 53.2 Å². The summed E-state index contributed by atoms with van der Waals surface area (Å²) in [5.41, 5.74) is 1.74. The maximum Gasteiger partial charge on any atom is 0.256 e. The van der Waals surface area contributed by atoms with Gasteiger partial charge in [-0.05, 0) is 30.5 Å². The maximum absolute atomic E-state index is 12.1. The van der Waals surface area contributed by atoms with Crippen LogP contribution < -0.4 is 5.32 Å². The van der Waals surface area contributed by atoms with E-state index in [2.05, 4.69) is 15.3 Å². The van der Waals surface area contributed by atoms with Crippen molar-refractivity contribution in [2.45, 2.75) is 6.92 Å². The largest absolute Gasteiger partial charge is 0.306 e. The Balaban J connectivity index is 1.90. The van der Waals surface area contributed by atoms with E-state index in [0.717, 1.165) is 15.8 Å². The summed E-state index contributed by atoms with van der Waals surface area (Å²) in [6.07, 6.45) is 1.46. The highest BCUT2D eigenvalue weighted by Crippen LogP contribution is 2.24. The second-order valence-electron chi connectivity index (χ2n) is 4.18. The molecule has 1 N–H and O–H groups in total. The average Bonchev–Trinajstić information content (AvgIpc) is 2.89. The fraction of sp³-hybridized carbons (Fsp3) is 0.0714. The Hall–Kier alpha value is -2.27. The number of hydrogen-bond acceptors (Lipinski definition) is 4. The van der Waals surface area contributed by atoms with Crippen molar-refractivity contribution >= 4 is 33.3 Å². The molecule has 0 aliphatic heterocycles. The van der Waals surface area contributed by atoms with Crippen molar-refractivity contribution in [2.75, 3.05) is 5.32 Å². The van der Waals surface area contributed by atoms with Crippen LogP contribution in [-0.4, -0.2) is 15.9 Å². The van der Waals surface area contributed by atoms with Gasteiger partial charge in [0, 0.05) is 5.56 Å². The number of thiophene rings is 1. The van der Waals surface area contributed by atoms with E-state index in [1.165, 1.54) is 17.7 Å². The molecular weight excluding hydrogens is 258 g/mol. The topological polar surface area (TPSA) is 54.9 Å². The van der Waals surface area contributed by atoms with Gasteiger partial charge < -0.3 is 5.32 Å². The summed E-state index contributed by atoms with van der Waals surface area (Å²) in [6, 6.07) is 9.34. The quantitative estimate of drug-likeness (QED) is 0.777. The van der Waals surface area contributed by atoms with Gasteiger partial charge in [0.1, 0.15) is 17.0 Å². The molecule has 4 nitrogen and oxygen atoms in total. The SMILES string of the molecule is Cc1ccc(C(=O)Nc2ncnc3sccc23)cc1.